The Labute approximate surface area is 354 Å². The molecule has 3 nitrogen and oxygen atoms in total. The molecule has 0 saturated heterocycles. The number of nitrogens with zero attached hydrogens (tertiary/aromatic N) is 2. The number of unbranched alkanes of at least 4 members (excludes halogenated alkanes) is 1. The summed E-state index contributed by atoms with van der Waals surface area (Å²) in [6.45, 7) is 2.25. The standard InChI is InChI=1S/C58H42N2O/c1-2-3-14-40-27-32-46(57-49-21-9-12-24-56(49)61-58(40)57)39-25-30-44(31-26-39)59-52-22-10-7-19-47(52)50-36-42(28-33-54(50)59)43-29-34-55-51(37-43)48-20-8-11-23-53(48)60(55)45-18-13-17-41(35-45)38-15-5-4-6-16-38/h4-13,15-37H,2-3,14H2,1H3. The highest BCUT2D eigenvalue weighted by Gasteiger charge is 2.19. The third-order valence-electron chi connectivity index (χ3n) is 12.7. The van der Waals surface area contributed by atoms with Gasteiger partial charge in [-0.3, -0.25) is 0 Å². The lowest BCUT2D eigenvalue weighted by molar-refractivity contribution is 0.658. The van der Waals surface area contributed by atoms with E-state index in [1.807, 2.05) is 0 Å². The Balaban J connectivity index is 0.950. The molecule has 0 radical (unpaired) electrons. The maximum absolute atomic E-state index is 6.54. The largest absolute Gasteiger partial charge is 0.456 e. The molecule has 0 unspecified atom stereocenters. The molecule has 0 atom stereocenters. The second kappa shape index (κ2) is 14.3. The minimum absolute atomic E-state index is 0.945. The van der Waals surface area contributed by atoms with Gasteiger partial charge in [0.2, 0.25) is 0 Å². The lowest BCUT2D eigenvalue weighted by Crippen LogP contribution is -1.94. The van der Waals surface area contributed by atoms with E-state index in [9.17, 15) is 0 Å². The van der Waals surface area contributed by atoms with Gasteiger partial charge in [0.15, 0.2) is 0 Å². The molecule has 0 aliphatic carbocycles. The third-order valence-corrected chi connectivity index (χ3v) is 12.7. The Morgan fingerprint density at radius 1 is 0.393 bits per heavy atom. The van der Waals surface area contributed by atoms with Crippen LogP contribution in [0.25, 0.3) is 110 Å². The SMILES string of the molecule is CCCCc1ccc(-c2ccc(-n3c4ccccc4c4cc(-c5ccc6c(c5)c5ccccc5n6-c5cccc(-c6ccccc6)c5)ccc43)cc2)c2c1oc1ccccc12. The lowest BCUT2D eigenvalue weighted by atomic mass is 9.95. The van der Waals surface area contributed by atoms with E-state index < -0.39 is 0 Å². The zero-order valence-electron chi connectivity index (χ0n) is 34.0. The number of hydrogen-bond acceptors (Lipinski definition) is 1. The van der Waals surface area contributed by atoms with Gasteiger partial charge in [-0.25, -0.2) is 0 Å². The van der Waals surface area contributed by atoms with E-state index in [0.29, 0.717) is 0 Å². The smallest absolute Gasteiger partial charge is 0.139 e. The fraction of sp³-hybridized carbons (Fsp3) is 0.0690. The van der Waals surface area contributed by atoms with E-state index >= 15 is 0 Å². The molecule has 0 aliphatic rings. The van der Waals surface area contributed by atoms with Gasteiger partial charge in [0.05, 0.1) is 22.1 Å². The number of aryl methyl sites for hydroxylation is 1. The van der Waals surface area contributed by atoms with Gasteiger partial charge in [0, 0.05) is 43.7 Å². The third kappa shape index (κ3) is 5.73. The Morgan fingerprint density at radius 2 is 0.951 bits per heavy atom. The molecule has 12 rings (SSSR count). The fourth-order valence-corrected chi connectivity index (χ4v) is 9.79. The van der Waals surface area contributed by atoms with Crippen molar-refractivity contribution in [2.45, 2.75) is 26.2 Å². The number of fused-ring (bicyclic) bond motifs is 9. The van der Waals surface area contributed by atoms with Crippen LogP contribution in [0.2, 0.25) is 0 Å². The monoisotopic (exact) mass is 782 g/mol. The lowest BCUT2D eigenvalue weighted by Gasteiger charge is -2.12. The van der Waals surface area contributed by atoms with Crippen LogP contribution in [0, 0.1) is 0 Å². The molecular weight excluding hydrogens is 741 g/mol. The molecule has 0 spiro atoms. The maximum atomic E-state index is 6.54. The summed E-state index contributed by atoms with van der Waals surface area (Å²) >= 11 is 0. The van der Waals surface area contributed by atoms with Gasteiger partial charge in [-0.1, -0.05) is 147 Å². The number of furan rings is 1. The second-order valence-electron chi connectivity index (χ2n) is 16.3. The predicted molar refractivity (Wildman–Crippen MR) is 257 cm³/mol. The Bertz CT molecular complexity index is 3620. The van der Waals surface area contributed by atoms with Crippen molar-refractivity contribution in [1.29, 1.82) is 0 Å². The van der Waals surface area contributed by atoms with E-state index in [1.165, 1.54) is 93.3 Å². The van der Waals surface area contributed by atoms with Crippen molar-refractivity contribution >= 4 is 65.6 Å². The van der Waals surface area contributed by atoms with Gasteiger partial charge >= 0.3 is 0 Å². The summed E-state index contributed by atoms with van der Waals surface area (Å²) in [7, 11) is 0. The summed E-state index contributed by atoms with van der Waals surface area (Å²) in [4.78, 5) is 0. The van der Waals surface area contributed by atoms with E-state index in [2.05, 4.69) is 216 Å². The minimum Gasteiger partial charge on any atom is -0.456 e. The van der Waals surface area contributed by atoms with E-state index in [1.54, 1.807) is 0 Å². The molecule has 12 aromatic rings. The number of aromatic nitrogens is 2. The molecule has 0 bridgehead atoms. The van der Waals surface area contributed by atoms with E-state index in [4.69, 9.17) is 4.42 Å². The van der Waals surface area contributed by atoms with Crippen molar-refractivity contribution in [3.63, 3.8) is 0 Å². The summed E-state index contributed by atoms with van der Waals surface area (Å²) in [5.41, 5.74) is 17.6. The molecule has 0 aliphatic heterocycles. The first-order valence-electron chi connectivity index (χ1n) is 21.5. The summed E-state index contributed by atoms with van der Waals surface area (Å²) in [5, 5.41) is 7.37. The van der Waals surface area contributed by atoms with E-state index in [0.717, 1.165) is 41.8 Å². The van der Waals surface area contributed by atoms with Crippen LogP contribution in [0.4, 0.5) is 0 Å². The topological polar surface area (TPSA) is 23.0 Å². The van der Waals surface area contributed by atoms with Crippen LogP contribution in [0.15, 0.2) is 205 Å². The van der Waals surface area contributed by atoms with Crippen molar-refractivity contribution in [1.82, 2.24) is 9.13 Å². The molecule has 9 aromatic carbocycles. The Morgan fingerprint density at radius 3 is 1.64 bits per heavy atom. The van der Waals surface area contributed by atoms with Gasteiger partial charge in [-0.2, -0.15) is 0 Å². The molecule has 0 saturated carbocycles. The highest BCUT2D eigenvalue weighted by molar-refractivity contribution is 6.14. The van der Waals surface area contributed by atoms with Crippen molar-refractivity contribution in [2.24, 2.45) is 0 Å². The summed E-state index contributed by atoms with van der Waals surface area (Å²) < 4.78 is 11.4. The minimum atomic E-state index is 0.945. The van der Waals surface area contributed by atoms with Gasteiger partial charge in [0.25, 0.3) is 0 Å². The molecular formula is C58H42N2O. The highest BCUT2D eigenvalue weighted by atomic mass is 16.3. The first-order chi connectivity index (χ1) is 30.2. The maximum Gasteiger partial charge on any atom is 0.139 e. The molecule has 290 valence electrons. The van der Waals surface area contributed by atoms with Crippen molar-refractivity contribution < 1.29 is 4.42 Å². The normalized spacial score (nSPS) is 11.9. The molecule has 0 fully saturated rings. The first-order valence-corrected chi connectivity index (χ1v) is 21.5. The van der Waals surface area contributed by atoms with Gasteiger partial charge < -0.3 is 13.6 Å². The van der Waals surface area contributed by atoms with Crippen LogP contribution >= 0.6 is 0 Å². The zero-order chi connectivity index (χ0) is 40.4. The van der Waals surface area contributed by atoms with Crippen LogP contribution in [-0.4, -0.2) is 9.13 Å². The van der Waals surface area contributed by atoms with Crippen LogP contribution in [0.1, 0.15) is 25.3 Å². The second-order valence-corrected chi connectivity index (χ2v) is 16.3. The predicted octanol–water partition coefficient (Wildman–Crippen LogP) is 16.1. The highest BCUT2D eigenvalue weighted by Crippen LogP contribution is 2.41. The van der Waals surface area contributed by atoms with Crippen LogP contribution in [-0.2, 0) is 6.42 Å². The van der Waals surface area contributed by atoms with Crippen LogP contribution in [0.3, 0.4) is 0 Å². The van der Waals surface area contributed by atoms with E-state index in [-0.39, 0.29) is 0 Å². The summed E-state index contributed by atoms with van der Waals surface area (Å²) in [6.07, 6.45) is 3.32. The Kier molecular flexibility index (Phi) is 8.28. The molecule has 3 aromatic heterocycles. The van der Waals surface area contributed by atoms with Gasteiger partial charge in [-0.15, -0.1) is 0 Å². The first kappa shape index (κ1) is 35.3. The molecule has 0 amide bonds. The van der Waals surface area contributed by atoms with Crippen molar-refractivity contribution in [3.8, 4) is 44.8 Å². The number of hydrogen-bond donors (Lipinski definition) is 0. The molecule has 0 N–H and O–H groups in total. The zero-order valence-corrected chi connectivity index (χ0v) is 34.0. The molecule has 3 heteroatoms. The summed E-state index contributed by atoms with van der Waals surface area (Å²) in [5.74, 6) is 0. The number of rotatable bonds is 8. The van der Waals surface area contributed by atoms with Crippen LogP contribution < -0.4 is 0 Å². The molecule has 3 heterocycles. The van der Waals surface area contributed by atoms with Gasteiger partial charge in [-0.05, 0) is 119 Å². The van der Waals surface area contributed by atoms with Crippen molar-refractivity contribution in [2.75, 3.05) is 0 Å². The van der Waals surface area contributed by atoms with Crippen molar-refractivity contribution in [3.05, 3.63) is 206 Å². The number of para-hydroxylation sites is 3. The average Bonchev–Trinajstić information content (AvgIpc) is 3.99. The molecule has 61 heavy (non-hydrogen) atoms. The average molecular weight is 783 g/mol. The van der Waals surface area contributed by atoms with Gasteiger partial charge in [0.1, 0.15) is 11.2 Å². The quantitative estimate of drug-likeness (QED) is 0.151. The number of benzene rings is 9. The Hall–Kier alpha value is -7.62. The summed E-state index contributed by atoms with van der Waals surface area (Å²) in [6, 6.07) is 73.1. The van der Waals surface area contributed by atoms with Crippen LogP contribution in [0.5, 0.6) is 0 Å². The fourth-order valence-electron chi connectivity index (χ4n) is 9.79.